The quantitative estimate of drug-likeness (QED) is 0.882. The fourth-order valence-corrected chi connectivity index (χ4v) is 2.81. The molecule has 2 atom stereocenters. The van der Waals surface area contributed by atoms with Crippen molar-refractivity contribution in [3.05, 3.63) is 35.9 Å². The van der Waals surface area contributed by atoms with Gasteiger partial charge in [0.1, 0.15) is 0 Å². The third-order valence-electron chi connectivity index (χ3n) is 3.79. The Morgan fingerprint density at radius 2 is 2.11 bits per heavy atom. The lowest BCUT2D eigenvalue weighted by Gasteiger charge is -2.30. The van der Waals surface area contributed by atoms with E-state index in [0.29, 0.717) is 5.92 Å². The molecule has 2 nitrogen and oxygen atoms in total. The molecule has 1 aliphatic heterocycles. The van der Waals surface area contributed by atoms with Gasteiger partial charge in [0.05, 0.1) is 0 Å². The second kappa shape index (κ2) is 6.91. The predicted octanol–water partition coefficient (Wildman–Crippen LogP) is 2.72. The van der Waals surface area contributed by atoms with Gasteiger partial charge in [-0.2, -0.15) is 0 Å². The maximum absolute atomic E-state index is 3.52. The molecule has 0 amide bonds. The number of hydrogen-bond donors (Lipinski definition) is 1. The van der Waals surface area contributed by atoms with E-state index in [1.54, 1.807) is 0 Å². The molecule has 2 rings (SSSR count). The van der Waals surface area contributed by atoms with Crippen LogP contribution in [0.25, 0.3) is 0 Å². The molecule has 18 heavy (non-hydrogen) atoms. The van der Waals surface area contributed by atoms with Crippen molar-refractivity contribution in [3.8, 4) is 0 Å². The zero-order valence-electron chi connectivity index (χ0n) is 11.7. The first kappa shape index (κ1) is 13.6. The normalized spacial score (nSPS) is 24.2. The summed E-state index contributed by atoms with van der Waals surface area (Å²) in [5, 5.41) is 3.52. The highest BCUT2D eigenvalue weighted by Crippen LogP contribution is 2.17. The first-order valence-electron chi connectivity index (χ1n) is 7.23. The van der Waals surface area contributed by atoms with Gasteiger partial charge in [0, 0.05) is 13.1 Å². The lowest BCUT2D eigenvalue weighted by molar-refractivity contribution is 0.207. The Hall–Kier alpha value is -0.860. The summed E-state index contributed by atoms with van der Waals surface area (Å²) in [6.07, 6.45) is 1.27. The van der Waals surface area contributed by atoms with Gasteiger partial charge in [0.15, 0.2) is 0 Å². The molecule has 1 aliphatic rings. The average Bonchev–Trinajstić information content (AvgIpc) is 2.36. The number of hydrogen-bond acceptors (Lipinski definition) is 2. The Morgan fingerprint density at radius 1 is 1.33 bits per heavy atom. The molecule has 1 fully saturated rings. The van der Waals surface area contributed by atoms with Gasteiger partial charge in [-0.05, 0) is 43.5 Å². The maximum Gasteiger partial charge on any atom is 0.00477 e. The monoisotopic (exact) mass is 246 g/mol. The van der Waals surface area contributed by atoms with Crippen molar-refractivity contribution < 1.29 is 0 Å². The second-order valence-electron chi connectivity index (χ2n) is 5.73. The van der Waals surface area contributed by atoms with Crippen LogP contribution in [0.1, 0.15) is 31.7 Å². The Bertz CT molecular complexity index is 336. The lowest BCUT2D eigenvalue weighted by Crippen LogP contribution is -2.40. The Kier molecular flexibility index (Phi) is 5.21. The summed E-state index contributed by atoms with van der Waals surface area (Å²) < 4.78 is 0. The van der Waals surface area contributed by atoms with E-state index in [2.05, 4.69) is 54.4 Å². The minimum atomic E-state index is 0.630. The van der Waals surface area contributed by atoms with E-state index in [9.17, 15) is 0 Å². The molecular formula is C16H26N2. The van der Waals surface area contributed by atoms with Crippen molar-refractivity contribution >= 4 is 0 Å². The summed E-state index contributed by atoms with van der Waals surface area (Å²) >= 11 is 0. The zero-order chi connectivity index (χ0) is 12.8. The molecule has 1 aromatic carbocycles. The summed E-state index contributed by atoms with van der Waals surface area (Å²) in [6.45, 7) is 10.7. The van der Waals surface area contributed by atoms with Gasteiger partial charge in [0.25, 0.3) is 0 Å². The van der Waals surface area contributed by atoms with Crippen molar-refractivity contribution in [1.82, 2.24) is 10.2 Å². The summed E-state index contributed by atoms with van der Waals surface area (Å²) in [6, 6.07) is 10.9. The van der Waals surface area contributed by atoms with E-state index < -0.39 is 0 Å². The fourth-order valence-electron chi connectivity index (χ4n) is 2.81. The summed E-state index contributed by atoms with van der Waals surface area (Å²) in [7, 11) is 0. The number of nitrogens with zero attached hydrogens (tertiary/aromatic N) is 1. The van der Waals surface area contributed by atoms with E-state index in [1.165, 1.54) is 38.2 Å². The third-order valence-corrected chi connectivity index (χ3v) is 3.79. The first-order chi connectivity index (χ1) is 8.75. The minimum absolute atomic E-state index is 0.630. The molecular weight excluding hydrogens is 220 g/mol. The molecule has 0 spiro atoms. The van der Waals surface area contributed by atoms with Crippen molar-refractivity contribution in [2.75, 3.05) is 32.7 Å². The summed E-state index contributed by atoms with van der Waals surface area (Å²) in [4.78, 5) is 2.64. The number of nitrogens with one attached hydrogen (secondary N) is 1. The van der Waals surface area contributed by atoms with Crippen LogP contribution in [0.5, 0.6) is 0 Å². The van der Waals surface area contributed by atoms with Crippen LogP contribution < -0.4 is 5.32 Å². The van der Waals surface area contributed by atoms with Crippen molar-refractivity contribution in [2.24, 2.45) is 5.92 Å². The smallest absolute Gasteiger partial charge is 0.00477 e. The van der Waals surface area contributed by atoms with Crippen LogP contribution >= 0.6 is 0 Å². The van der Waals surface area contributed by atoms with Crippen LogP contribution in [0.4, 0.5) is 0 Å². The summed E-state index contributed by atoms with van der Waals surface area (Å²) in [5.41, 5.74) is 1.46. The molecule has 0 aromatic heterocycles. The van der Waals surface area contributed by atoms with Crippen molar-refractivity contribution in [2.45, 2.75) is 26.2 Å². The predicted molar refractivity (Wildman–Crippen MR) is 77.9 cm³/mol. The molecule has 0 bridgehead atoms. The van der Waals surface area contributed by atoms with Crippen LogP contribution in [0, 0.1) is 5.92 Å². The minimum Gasteiger partial charge on any atom is -0.316 e. The van der Waals surface area contributed by atoms with Crippen LogP contribution in [0.15, 0.2) is 30.3 Å². The van der Waals surface area contributed by atoms with E-state index in [1.807, 2.05) is 0 Å². The molecule has 1 saturated heterocycles. The highest BCUT2D eigenvalue weighted by atomic mass is 15.1. The van der Waals surface area contributed by atoms with E-state index in [4.69, 9.17) is 0 Å². The molecule has 2 unspecified atom stereocenters. The van der Waals surface area contributed by atoms with Crippen LogP contribution in [-0.2, 0) is 0 Å². The van der Waals surface area contributed by atoms with Gasteiger partial charge in [-0.15, -0.1) is 0 Å². The Morgan fingerprint density at radius 3 is 2.89 bits per heavy atom. The van der Waals surface area contributed by atoms with Crippen LogP contribution in [0.2, 0.25) is 0 Å². The van der Waals surface area contributed by atoms with Gasteiger partial charge in [-0.3, -0.25) is 0 Å². The zero-order valence-corrected chi connectivity index (χ0v) is 11.7. The largest absolute Gasteiger partial charge is 0.316 e. The van der Waals surface area contributed by atoms with E-state index >= 15 is 0 Å². The lowest BCUT2D eigenvalue weighted by atomic mass is 9.99. The molecule has 1 heterocycles. The number of rotatable bonds is 3. The standard InChI is InChI=1S/C16H26N2/c1-14-11-17-9-6-10-18(12-14)13-15(2)16-7-4-3-5-8-16/h3-5,7-8,14-15,17H,6,9-13H2,1-2H3. The van der Waals surface area contributed by atoms with Gasteiger partial charge in [-0.25, -0.2) is 0 Å². The molecule has 0 saturated carbocycles. The van der Waals surface area contributed by atoms with Crippen LogP contribution in [-0.4, -0.2) is 37.6 Å². The highest BCUT2D eigenvalue weighted by Gasteiger charge is 2.16. The van der Waals surface area contributed by atoms with Crippen molar-refractivity contribution in [3.63, 3.8) is 0 Å². The van der Waals surface area contributed by atoms with E-state index in [-0.39, 0.29) is 0 Å². The fraction of sp³-hybridized carbons (Fsp3) is 0.625. The van der Waals surface area contributed by atoms with Crippen LogP contribution in [0.3, 0.4) is 0 Å². The van der Waals surface area contributed by atoms with E-state index in [0.717, 1.165) is 12.5 Å². The average molecular weight is 246 g/mol. The second-order valence-corrected chi connectivity index (χ2v) is 5.73. The topological polar surface area (TPSA) is 15.3 Å². The SMILES string of the molecule is CC1CNCCCN(CC(C)c2ccccc2)C1. The molecule has 100 valence electrons. The Balaban J connectivity index is 1.90. The number of benzene rings is 1. The molecule has 1 aromatic rings. The van der Waals surface area contributed by atoms with Gasteiger partial charge >= 0.3 is 0 Å². The Labute approximate surface area is 111 Å². The first-order valence-corrected chi connectivity index (χ1v) is 7.23. The summed E-state index contributed by atoms with van der Waals surface area (Å²) in [5.74, 6) is 1.39. The molecule has 0 radical (unpaired) electrons. The molecule has 1 N–H and O–H groups in total. The van der Waals surface area contributed by atoms with Gasteiger partial charge < -0.3 is 10.2 Å². The molecule has 2 heteroatoms. The maximum atomic E-state index is 3.52. The third kappa shape index (κ3) is 4.11. The van der Waals surface area contributed by atoms with Gasteiger partial charge in [0.2, 0.25) is 0 Å². The highest BCUT2D eigenvalue weighted by molar-refractivity contribution is 5.19. The van der Waals surface area contributed by atoms with Gasteiger partial charge in [-0.1, -0.05) is 44.2 Å². The van der Waals surface area contributed by atoms with Crippen molar-refractivity contribution in [1.29, 1.82) is 0 Å². The molecule has 0 aliphatic carbocycles.